The molecule has 1 N–H and O–H groups in total. The molecule has 4 nitrogen and oxygen atoms in total. The third-order valence-corrected chi connectivity index (χ3v) is 4.40. The first kappa shape index (κ1) is 13.5. The second kappa shape index (κ2) is 5.54. The maximum atomic E-state index is 6.01. The lowest BCUT2D eigenvalue weighted by Crippen LogP contribution is -2.36. The van der Waals surface area contributed by atoms with Crippen molar-refractivity contribution in [3.8, 4) is 11.5 Å². The first-order valence-electron chi connectivity index (χ1n) is 7.63. The van der Waals surface area contributed by atoms with Crippen molar-refractivity contribution in [2.75, 3.05) is 19.0 Å². The summed E-state index contributed by atoms with van der Waals surface area (Å²) in [7, 11) is 1.69. The van der Waals surface area contributed by atoms with Gasteiger partial charge in [-0.3, -0.25) is 0 Å². The van der Waals surface area contributed by atoms with Gasteiger partial charge in [0.2, 0.25) is 6.29 Å². The summed E-state index contributed by atoms with van der Waals surface area (Å²) in [6, 6.07) is 16.4. The Morgan fingerprint density at radius 3 is 2.82 bits per heavy atom. The highest BCUT2D eigenvalue weighted by Crippen LogP contribution is 2.45. The minimum atomic E-state index is -0.165. The van der Waals surface area contributed by atoms with E-state index in [-0.39, 0.29) is 12.3 Å². The molecule has 3 atom stereocenters. The predicted molar refractivity (Wildman–Crippen MR) is 84.3 cm³/mol. The van der Waals surface area contributed by atoms with E-state index in [4.69, 9.17) is 14.2 Å². The van der Waals surface area contributed by atoms with Gasteiger partial charge in [-0.25, -0.2) is 0 Å². The van der Waals surface area contributed by atoms with Gasteiger partial charge in [-0.15, -0.1) is 0 Å². The fourth-order valence-corrected chi connectivity index (χ4v) is 3.28. The lowest BCUT2D eigenvalue weighted by molar-refractivity contribution is -0.0748. The molecule has 2 aliphatic heterocycles. The second-order valence-electron chi connectivity index (χ2n) is 5.70. The maximum absolute atomic E-state index is 6.01. The van der Waals surface area contributed by atoms with Crippen LogP contribution in [0.3, 0.4) is 0 Å². The molecule has 0 radical (unpaired) electrons. The van der Waals surface area contributed by atoms with Gasteiger partial charge >= 0.3 is 0 Å². The van der Waals surface area contributed by atoms with Gasteiger partial charge in [-0.1, -0.05) is 18.2 Å². The Kier molecular flexibility index (Phi) is 3.39. The molecule has 22 heavy (non-hydrogen) atoms. The summed E-state index contributed by atoms with van der Waals surface area (Å²) in [5.41, 5.74) is 2.24. The zero-order chi connectivity index (χ0) is 14.9. The van der Waals surface area contributed by atoms with Crippen LogP contribution >= 0.6 is 0 Å². The number of hydrogen-bond donors (Lipinski definition) is 1. The highest BCUT2D eigenvalue weighted by atomic mass is 16.7. The SMILES string of the molecule is COc1ccc2c(c1)[C@H](Nc1ccccc1)[C@H]1CCO[C@H]1O2. The van der Waals surface area contributed by atoms with Crippen molar-refractivity contribution in [3.05, 3.63) is 54.1 Å². The Morgan fingerprint density at radius 2 is 2.00 bits per heavy atom. The van der Waals surface area contributed by atoms with E-state index >= 15 is 0 Å². The van der Waals surface area contributed by atoms with Gasteiger partial charge < -0.3 is 19.5 Å². The van der Waals surface area contributed by atoms with Crippen LogP contribution in [0.2, 0.25) is 0 Å². The van der Waals surface area contributed by atoms with Gasteiger partial charge in [0.1, 0.15) is 11.5 Å². The molecule has 0 unspecified atom stereocenters. The topological polar surface area (TPSA) is 39.7 Å². The zero-order valence-electron chi connectivity index (χ0n) is 12.5. The summed E-state index contributed by atoms with van der Waals surface area (Å²) in [5.74, 6) is 2.02. The van der Waals surface area contributed by atoms with Gasteiger partial charge in [0.15, 0.2) is 0 Å². The van der Waals surface area contributed by atoms with Gasteiger partial charge in [-0.05, 0) is 36.8 Å². The van der Waals surface area contributed by atoms with Crippen molar-refractivity contribution in [1.82, 2.24) is 0 Å². The summed E-state index contributed by atoms with van der Waals surface area (Å²) in [5, 5.41) is 3.64. The summed E-state index contributed by atoms with van der Waals surface area (Å²) in [6.07, 6.45) is 0.827. The largest absolute Gasteiger partial charge is 0.497 e. The number of methoxy groups -OCH3 is 1. The molecule has 0 amide bonds. The minimum Gasteiger partial charge on any atom is -0.497 e. The summed E-state index contributed by atoms with van der Waals surface area (Å²) >= 11 is 0. The molecule has 0 spiro atoms. The summed E-state index contributed by atoms with van der Waals surface area (Å²) in [4.78, 5) is 0. The number of nitrogens with one attached hydrogen (secondary N) is 1. The number of para-hydroxylation sites is 1. The summed E-state index contributed by atoms with van der Waals surface area (Å²) in [6.45, 7) is 0.743. The van der Waals surface area contributed by atoms with E-state index in [0.29, 0.717) is 5.92 Å². The number of benzene rings is 2. The van der Waals surface area contributed by atoms with E-state index in [2.05, 4.69) is 23.5 Å². The number of ether oxygens (including phenoxy) is 3. The highest BCUT2D eigenvalue weighted by Gasteiger charge is 2.42. The van der Waals surface area contributed by atoms with Crippen LogP contribution < -0.4 is 14.8 Å². The second-order valence-corrected chi connectivity index (χ2v) is 5.70. The van der Waals surface area contributed by atoms with Crippen LogP contribution in [-0.2, 0) is 4.74 Å². The van der Waals surface area contributed by atoms with Crippen molar-refractivity contribution in [1.29, 1.82) is 0 Å². The Morgan fingerprint density at radius 1 is 1.14 bits per heavy atom. The molecule has 1 saturated heterocycles. The Hall–Kier alpha value is -2.20. The fraction of sp³-hybridized carbons (Fsp3) is 0.333. The maximum Gasteiger partial charge on any atom is 0.205 e. The van der Waals surface area contributed by atoms with Crippen LogP contribution in [0.25, 0.3) is 0 Å². The molecular weight excluding hydrogens is 278 g/mol. The normalized spacial score (nSPS) is 25.8. The molecule has 0 aromatic heterocycles. The minimum absolute atomic E-state index is 0.161. The van der Waals surface area contributed by atoms with Crippen LogP contribution in [0.4, 0.5) is 5.69 Å². The third-order valence-electron chi connectivity index (χ3n) is 4.40. The number of anilines is 1. The van der Waals surface area contributed by atoms with E-state index < -0.39 is 0 Å². The van der Waals surface area contributed by atoms with Gasteiger partial charge in [0.05, 0.1) is 19.8 Å². The van der Waals surface area contributed by atoms with Gasteiger partial charge in [0, 0.05) is 17.2 Å². The first-order valence-corrected chi connectivity index (χ1v) is 7.63. The molecule has 0 saturated carbocycles. The van der Waals surface area contributed by atoms with Crippen LogP contribution in [0.5, 0.6) is 11.5 Å². The quantitative estimate of drug-likeness (QED) is 0.939. The lowest BCUT2D eigenvalue weighted by atomic mass is 9.88. The molecule has 2 aliphatic rings. The van der Waals surface area contributed by atoms with Crippen molar-refractivity contribution in [2.24, 2.45) is 5.92 Å². The first-order chi connectivity index (χ1) is 10.8. The van der Waals surface area contributed by atoms with E-state index in [9.17, 15) is 0 Å². The average molecular weight is 297 g/mol. The van der Waals surface area contributed by atoms with Crippen LogP contribution in [0.15, 0.2) is 48.5 Å². The van der Waals surface area contributed by atoms with E-state index in [1.54, 1.807) is 7.11 Å². The zero-order valence-corrected chi connectivity index (χ0v) is 12.5. The highest BCUT2D eigenvalue weighted by molar-refractivity contribution is 5.51. The molecule has 2 aromatic carbocycles. The fourth-order valence-electron chi connectivity index (χ4n) is 3.28. The molecule has 4 rings (SSSR count). The third kappa shape index (κ3) is 2.29. The van der Waals surface area contributed by atoms with E-state index in [1.807, 2.05) is 30.3 Å². The van der Waals surface area contributed by atoms with Crippen molar-refractivity contribution in [2.45, 2.75) is 18.8 Å². The molecule has 1 fully saturated rings. The molecule has 2 heterocycles. The number of hydrogen-bond acceptors (Lipinski definition) is 4. The predicted octanol–water partition coefficient (Wildman–Crippen LogP) is 3.60. The number of fused-ring (bicyclic) bond motifs is 2. The van der Waals surface area contributed by atoms with Crippen LogP contribution in [0.1, 0.15) is 18.0 Å². The Balaban J connectivity index is 1.73. The molecular formula is C18H19NO3. The van der Waals surface area contributed by atoms with Crippen LogP contribution in [0, 0.1) is 5.92 Å². The Bertz CT molecular complexity index is 659. The van der Waals surface area contributed by atoms with Gasteiger partial charge in [-0.2, -0.15) is 0 Å². The van der Waals surface area contributed by atoms with Crippen molar-refractivity contribution >= 4 is 5.69 Å². The Labute approximate surface area is 130 Å². The van der Waals surface area contributed by atoms with E-state index in [0.717, 1.165) is 35.8 Å². The van der Waals surface area contributed by atoms with Crippen molar-refractivity contribution < 1.29 is 14.2 Å². The lowest BCUT2D eigenvalue weighted by Gasteiger charge is -2.36. The van der Waals surface area contributed by atoms with E-state index in [1.165, 1.54) is 0 Å². The molecule has 0 bridgehead atoms. The molecule has 0 aliphatic carbocycles. The number of rotatable bonds is 3. The average Bonchev–Trinajstić information content (AvgIpc) is 3.03. The molecule has 114 valence electrons. The molecule has 2 aromatic rings. The van der Waals surface area contributed by atoms with Crippen molar-refractivity contribution in [3.63, 3.8) is 0 Å². The monoisotopic (exact) mass is 297 g/mol. The van der Waals surface area contributed by atoms with Gasteiger partial charge in [0.25, 0.3) is 0 Å². The smallest absolute Gasteiger partial charge is 0.205 e. The van der Waals surface area contributed by atoms with Crippen LogP contribution in [-0.4, -0.2) is 20.0 Å². The summed E-state index contributed by atoms with van der Waals surface area (Å²) < 4.78 is 17.1. The molecule has 4 heteroatoms. The standard InChI is InChI=1S/C18H19NO3/c1-20-13-7-8-16-15(11-13)17(14-9-10-21-18(14)22-16)19-12-5-3-2-4-6-12/h2-8,11,14,17-19H,9-10H2,1H3/t14-,17-,18+/m1/s1.